The highest BCUT2D eigenvalue weighted by molar-refractivity contribution is 5.97. The molecule has 1 saturated heterocycles. The lowest BCUT2D eigenvalue weighted by Crippen LogP contribution is -2.52. The van der Waals surface area contributed by atoms with Crippen molar-refractivity contribution in [2.75, 3.05) is 19.6 Å². The minimum Gasteiger partial charge on any atom is -0.337 e. The number of rotatable bonds is 4. The Labute approximate surface area is 130 Å². The van der Waals surface area contributed by atoms with Gasteiger partial charge in [-0.1, -0.05) is 0 Å². The van der Waals surface area contributed by atoms with Gasteiger partial charge in [-0.3, -0.25) is 9.59 Å². The lowest BCUT2D eigenvalue weighted by atomic mass is 10.1. The van der Waals surface area contributed by atoms with Gasteiger partial charge in [0.1, 0.15) is 5.82 Å². The third-order valence-electron chi connectivity index (χ3n) is 3.55. The maximum absolute atomic E-state index is 12.8. The largest absolute Gasteiger partial charge is 0.337 e. The Balaban J connectivity index is 0.00000220. The summed E-state index contributed by atoms with van der Waals surface area (Å²) in [5.41, 5.74) is 0.451. The molecule has 0 bridgehead atoms. The zero-order chi connectivity index (χ0) is 14.5. The van der Waals surface area contributed by atoms with Crippen LogP contribution in [0, 0.1) is 5.82 Å². The predicted molar refractivity (Wildman–Crippen MR) is 81.3 cm³/mol. The molecule has 1 aromatic rings. The predicted octanol–water partition coefficient (Wildman–Crippen LogP) is 2.03. The van der Waals surface area contributed by atoms with Crippen LogP contribution in [0.15, 0.2) is 24.3 Å². The molecule has 4 nitrogen and oxygen atoms in total. The monoisotopic (exact) mass is 314 g/mol. The van der Waals surface area contributed by atoms with E-state index in [0.717, 1.165) is 13.1 Å². The number of carbonyl (C=O) groups is 2. The molecule has 0 radical (unpaired) electrons. The number of benzene rings is 1. The molecule has 1 aliphatic rings. The van der Waals surface area contributed by atoms with Crippen LogP contribution in [0.2, 0.25) is 0 Å². The Morgan fingerprint density at radius 1 is 1.29 bits per heavy atom. The van der Waals surface area contributed by atoms with E-state index in [1.807, 2.05) is 11.8 Å². The average Bonchev–Trinajstić information content (AvgIpc) is 2.45. The maximum atomic E-state index is 12.8. The zero-order valence-corrected chi connectivity index (χ0v) is 12.8. The van der Waals surface area contributed by atoms with Crippen molar-refractivity contribution in [3.63, 3.8) is 0 Å². The van der Waals surface area contributed by atoms with Crippen LogP contribution in [0.5, 0.6) is 0 Å². The molecule has 21 heavy (non-hydrogen) atoms. The van der Waals surface area contributed by atoms with Gasteiger partial charge < -0.3 is 10.2 Å². The van der Waals surface area contributed by atoms with E-state index in [1.165, 1.54) is 24.3 Å². The molecule has 1 N–H and O–H groups in total. The Hall–Kier alpha value is -1.46. The number of piperazine rings is 1. The number of amides is 1. The molecule has 116 valence electrons. The minimum absolute atomic E-state index is 0. The standard InChI is InChI=1S/C15H19FN2O2.ClH/c1-11-10-17-8-9-18(11)15(20)7-6-14(19)12-2-4-13(16)5-3-12;/h2-5,11,17H,6-10H2,1H3;1H. The Kier molecular flexibility index (Phi) is 6.78. The van der Waals surface area contributed by atoms with Crippen LogP contribution >= 0.6 is 12.4 Å². The van der Waals surface area contributed by atoms with Crippen LogP contribution in [0.4, 0.5) is 4.39 Å². The topological polar surface area (TPSA) is 49.4 Å². The van der Waals surface area contributed by atoms with Gasteiger partial charge in [-0.2, -0.15) is 0 Å². The SMILES string of the molecule is CC1CNCCN1C(=O)CCC(=O)c1ccc(F)cc1.Cl. The van der Waals surface area contributed by atoms with Gasteiger partial charge in [0.15, 0.2) is 5.78 Å². The summed E-state index contributed by atoms with van der Waals surface area (Å²) in [4.78, 5) is 25.8. The summed E-state index contributed by atoms with van der Waals surface area (Å²) in [5.74, 6) is -0.483. The normalized spacial score (nSPS) is 18.0. The first-order chi connectivity index (χ1) is 9.58. The lowest BCUT2D eigenvalue weighted by Gasteiger charge is -2.34. The fourth-order valence-corrected chi connectivity index (χ4v) is 2.36. The van der Waals surface area contributed by atoms with Crippen LogP contribution in [0.3, 0.4) is 0 Å². The number of nitrogens with zero attached hydrogens (tertiary/aromatic N) is 1. The first kappa shape index (κ1) is 17.6. The van der Waals surface area contributed by atoms with Gasteiger partial charge >= 0.3 is 0 Å². The number of Topliss-reactive ketones (excluding diaryl/α,β-unsaturated/α-hetero) is 1. The van der Waals surface area contributed by atoms with E-state index in [4.69, 9.17) is 0 Å². The number of hydrogen-bond donors (Lipinski definition) is 1. The maximum Gasteiger partial charge on any atom is 0.223 e. The van der Waals surface area contributed by atoms with Crippen molar-refractivity contribution in [3.05, 3.63) is 35.6 Å². The number of ketones is 1. The molecule has 0 saturated carbocycles. The molecule has 1 aromatic carbocycles. The van der Waals surface area contributed by atoms with E-state index in [9.17, 15) is 14.0 Å². The summed E-state index contributed by atoms with van der Waals surface area (Å²) in [5, 5.41) is 3.22. The Morgan fingerprint density at radius 2 is 1.95 bits per heavy atom. The molecule has 0 spiro atoms. The smallest absolute Gasteiger partial charge is 0.223 e. The summed E-state index contributed by atoms with van der Waals surface area (Å²) in [6.07, 6.45) is 0.377. The van der Waals surface area contributed by atoms with E-state index < -0.39 is 0 Å². The summed E-state index contributed by atoms with van der Waals surface area (Å²) in [7, 11) is 0. The van der Waals surface area contributed by atoms with E-state index in [2.05, 4.69) is 5.32 Å². The molecule has 6 heteroatoms. The highest BCUT2D eigenvalue weighted by atomic mass is 35.5. The van der Waals surface area contributed by atoms with Gasteiger partial charge in [-0.25, -0.2) is 4.39 Å². The lowest BCUT2D eigenvalue weighted by molar-refractivity contribution is -0.133. The quantitative estimate of drug-likeness (QED) is 0.865. The number of hydrogen-bond acceptors (Lipinski definition) is 3. The van der Waals surface area contributed by atoms with Gasteiger partial charge in [0, 0.05) is 44.1 Å². The van der Waals surface area contributed by atoms with E-state index in [-0.39, 0.29) is 48.8 Å². The second-order valence-corrected chi connectivity index (χ2v) is 5.07. The van der Waals surface area contributed by atoms with Crippen LogP contribution in [0.1, 0.15) is 30.1 Å². The molecule has 0 aliphatic carbocycles. The molecule has 1 aliphatic heterocycles. The highest BCUT2D eigenvalue weighted by Crippen LogP contribution is 2.10. The molecule has 2 rings (SSSR count). The van der Waals surface area contributed by atoms with Crippen molar-refractivity contribution in [2.45, 2.75) is 25.8 Å². The van der Waals surface area contributed by atoms with Gasteiger partial charge in [0.25, 0.3) is 0 Å². The van der Waals surface area contributed by atoms with E-state index in [1.54, 1.807) is 0 Å². The van der Waals surface area contributed by atoms with E-state index >= 15 is 0 Å². The molecule has 1 heterocycles. The molecular weight excluding hydrogens is 295 g/mol. The number of halogens is 2. The van der Waals surface area contributed by atoms with Gasteiger partial charge in [-0.15, -0.1) is 12.4 Å². The second-order valence-electron chi connectivity index (χ2n) is 5.07. The average molecular weight is 315 g/mol. The fourth-order valence-electron chi connectivity index (χ4n) is 2.36. The summed E-state index contributed by atoms with van der Waals surface area (Å²) in [6.45, 7) is 4.26. The van der Waals surface area contributed by atoms with Crippen molar-refractivity contribution in [1.29, 1.82) is 0 Å². The molecular formula is C15H20ClFN2O2. The molecule has 1 amide bonds. The summed E-state index contributed by atoms with van der Waals surface area (Å²) < 4.78 is 12.8. The van der Waals surface area contributed by atoms with Gasteiger partial charge in [0.05, 0.1) is 0 Å². The summed E-state index contributed by atoms with van der Waals surface area (Å²) >= 11 is 0. The molecule has 1 unspecified atom stereocenters. The Bertz CT molecular complexity index is 493. The molecule has 0 aromatic heterocycles. The van der Waals surface area contributed by atoms with Crippen molar-refractivity contribution in [3.8, 4) is 0 Å². The van der Waals surface area contributed by atoms with Crippen LogP contribution in [-0.4, -0.2) is 42.3 Å². The third-order valence-corrected chi connectivity index (χ3v) is 3.55. The first-order valence-electron chi connectivity index (χ1n) is 6.87. The Morgan fingerprint density at radius 3 is 2.57 bits per heavy atom. The van der Waals surface area contributed by atoms with Gasteiger partial charge in [-0.05, 0) is 31.2 Å². The van der Waals surface area contributed by atoms with Crippen molar-refractivity contribution >= 4 is 24.1 Å². The third kappa shape index (κ3) is 4.79. The fraction of sp³-hybridized carbons (Fsp3) is 0.467. The number of carbonyl (C=O) groups excluding carboxylic acids is 2. The van der Waals surface area contributed by atoms with Crippen LogP contribution < -0.4 is 5.32 Å². The first-order valence-corrected chi connectivity index (χ1v) is 6.87. The molecule has 1 atom stereocenters. The van der Waals surface area contributed by atoms with Crippen LogP contribution in [0.25, 0.3) is 0 Å². The van der Waals surface area contributed by atoms with Gasteiger partial charge in [0.2, 0.25) is 5.91 Å². The minimum atomic E-state index is -0.368. The highest BCUT2D eigenvalue weighted by Gasteiger charge is 2.23. The zero-order valence-electron chi connectivity index (χ0n) is 12.0. The summed E-state index contributed by atoms with van der Waals surface area (Å²) in [6, 6.07) is 5.59. The van der Waals surface area contributed by atoms with Crippen molar-refractivity contribution < 1.29 is 14.0 Å². The van der Waals surface area contributed by atoms with Crippen molar-refractivity contribution in [1.82, 2.24) is 10.2 Å². The molecule has 1 fully saturated rings. The van der Waals surface area contributed by atoms with Crippen LogP contribution in [-0.2, 0) is 4.79 Å². The second kappa shape index (κ2) is 8.10. The van der Waals surface area contributed by atoms with Crippen molar-refractivity contribution in [2.24, 2.45) is 0 Å². The number of nitrogens with one attached hydrogen (secondary N) is 1. The van der Waals surface area contributed by atoms with E-state index in [0.29, 0.717) is 12.1 Å².